The molecule has 11 heteroatoms. The second kappa shape index (κ2) is 12.2. The largest absolute Gasteiger partial charge is 0.479 e. The Bertz CT molecular complexity index is 1260. The second-order valence-corrected chi connectivity index (χ2v) is 12.8. The number of hydrogen-bond acceptors (Lipinski definition) is 9. The van der Waals surface area contributed by atoms with Gasteiger partial charge in [-0.1, -0.05) is 18.2 Å². The van der Waals surface area contributed by atoms with Gasteiger partial charge >= 0.3 is 0 Å². The molecule has 0 bridgehead atoms. The lowest BCUT2D eigenvalue weighted by atomic mass is 9.69. The molecular formula is C31H41ClN6O4. The minimum atomic E-state index is -0.883. The smallest absolute Gasteiger partial charge is 0.246 e. The number of benzene rings is 1. The quantitative estimate of drug-likeness (QED) is 0.478. The molecule has 1 spiro atoms. The fraction of sp³-hybridized carbons (Fsp3) is 0.645. The third-order valence-corrected chi connectivity index (χ3v) is 10.3. The fourth-order valence-electron chi connectivity index (χ4n) is 7.68. The lowest BCUT2D eigenvalue weighted by Gasteiger charge is -2.54. The van der Waals surface area contributed by atoms with Gasteiger partial charge in [0.25, 0.3) is 0 Å². The van der Waals surface area contributed by atoms with Crippen LogP contribution < -0.4 is 15.4 Å². The molecule has 1 aliphatic carbocycles. The van der Waals surface area contributed by atoms with E-state index in [1.807, 2.05) is 18.2 Å². The van der Waals surface area contributed by atoms with Crippen molar-refractivity contribution in [3.63, 3.8) is 0 Å². The summed E-state index contributed by atoms with van der Waals surface area (Å²) in [5.41, 5.74) is 0.155. The van der Waals surface area contributed by atoms with Crippen LogP contribution in [0.4, 0.5) is 0 Å². The van der Waals surface area contributed by atoms with Crippen molar-refractivity contribution in [1.29, 1.82) is 5.26 Å². The van der Waals surface area contributed by atoms with Crippen LogP contribution in [0.3, 0.4) is 0 Å². The van der Waals surface area contributed by atoms with Gasteiger partial charge in [-0.3, -0.25) is 25.1 Å². The molecule has 1 amide bonds. The molecule has 0 radical (unpaired) electrons. The molecule has 4 fully saturated rings. The number of carbonyl (C=O) groups is 2. The number of likely N-dealkylation sites (N-methyl/N-ethyl adjacent to an activating group) is 1. The zero-order chi connectivity index (χ0) is 29.4. The number of fused-ring (bicyclic) bond motifs is 2. The number of ketones is 1. The number of hydrogen-bond donors (Lipinski definition) is 2. The van der Waals surface area contributed by atoms with E-state index in [2.05, 4.69) is 40.1 Å². The van der Waals surface area contributed by atoms with Crippen LogP contribution >= 0.6 is 11.6 Å². The Balaban J connectivity index is 1.24. The molecule has 6 unspecified atom stereocenters. The summed E-state index contributed by atoms with van der Waals surface area (Å²) >= 11 is 6.22. The van der Waals surface area contributed by atoms with E-state index in [9.17, 15) is 14.9 Å². The topological polar surface area (TPSA) is 110 Å². The van der Waals surface area contributed by atoms with Crippen molar-refractivity contribution < 1.29 is 19.1 Å². The van der Waals surface area contributed by atoms with Crippen LogP contribution in [0.5, 0.6) is 5.75 Å². The predicted molar refractivity (Wildman–Crippen MR) is 158 cm³/mol. The highest BCUT2D eigenvalue weighted by Gasteiger charge is 2.56. The van der Waals surface area contributed by atoms with Gasteiger partial charge in [0.15, 0.2) is 17.7 Å². The first kappa shape index (κ1) is 29.5. The average molecular weight is 597 g/mol. The number of carbonyl (C=O) groups excluding carboxylic acids is 2. The molecule has 7 atom stereocenters. The zero-order valence-electron chi connectivity index (χ0n) is 24.3. The molecular weight excluding hydrogens is 556 g/mol. The van der Waals surface area contributed by atoms with E-state index in [0.29, 0.717) is 50.1 Å². The molecule has 2 N–H and O–H groups in total. The van der Waals surface area contributed by atoms with Crippen LogP contribution in [-0.2, 0) is 20.7 Å². The van der Waals surface area contributed by atoms with Gasteiger partial charge in [0, 0.05) is 36.6 Å². The van der Waals surface area contributed by atoms with E-state index < -0.39 is 18.0 Å². The summed E-state index contributed by atoms with van der Waals surface area (Å²) < 4.78 is 13.0. The van der Waals surface area contributed by atoms with Crippen LogP contribution in [0.15, 0.2) is 30.9 Å². The highest BCUT2D eigenvalue weighted by molar-refractivity contribution is 6.30. The summed E-state index contributed by atoms with van der Waals surface area (Å²) in [6.07, 6.45) is 5.91. The fourth-order valence-corrected chi connectivity index (χ4v) is 7.87. The Morgan fingerprint density at radius 3 is 2.88 bits per heavy atom. The SMILES string of the molecule is C=CC(=O)N1CCN(C2NC(OCC3CCCN3C)NC3C(=O)[C@]4(CCc5cc(Cl)ccc5O4)CCC32)CC1CC#N. The zero-order valence-corrected chi connectivity index (χ0v) is 25.0. The second-order valence-electron chi connectivity index (χ2n) is 12.4. The minimum Gasteiger partial charge on any atom is -0.479 e. The van der Waals surface area contributed by atoms with E-state index in [4.69, 9.17) is 21.1 Å². The van der Waals surface area contributed by atoms with Crippen molar-refractivity contribution in [2.24, 2.45) is 5.92 Å². The summed E-state index contributed by atoms with van der Waals surface area (Å²) in [6, 6.07) is 7.52. The summed E-state index contributed by atoms with van der Waals surface area (Å²) in [5.74, 6) is 0.643. The van der Waals surface area contributed by atoms with Crippen molar-refractivity contribution in [1.82, 2.24) is 25.3 Å². The number of ether oxygens (including phenoxy) is 2. The van der Waals surface area contributed by atoms with Crippen LogP contribution in [0.2, 0.25) is 5.02 Å². The summed E-state index contributed by atoms with van der Waals surface area (Å²) in [6.45, 7) is 6.94. The maximum absolute atomic E-state index is 14.4. The number of nitriles is 1. The highest BCUT2D eigenvalue weighted by Crippen LogP contribution is 2.44. The number of Topliss-reactive ketones (excluding diaryl/α,β-unsaturated/α-hetero) is 1. The third kappa shape index (κ3) is 5.59. The van der Waals surface area contributed by atoms with Gasteiger partial charge in [0.1, 0.15) is 5.75 Å². The van der Waals surface area contributed by atoms with Crippen LogP contribution in [0, 0.1) is 17.2 Å². The molecule has 1 saturated carbocycles. The first-order valence-corrected chi connectivity index (χ1v) is 15.6. The number of likely N-dealkylation sites (tertiary alicyclic amines) is 1. The molecule has 4 heterocycles. The Kier molecular flexibility index (Phi) is 8.60. The van der Waals surface area contributed by atoms with Crippen LogP contribution in [0.1, 0.15) is 44.1 Å². The van der Waals surface area contributed by atoms with Gasteiger partial charge in [-0.25, -0.2) is 0 Å². The number of piperazine rings is 1. The molecule has 3 saturated heterocycles. The molecule has 6 rings (SSSR count). The van der Waals surface area contributed by atoms with Crippen molar-refractivity contribution >= 4 is 23.3 Å². The standard InChI is InChI=1S/C31H41ClN6O4/c1-3-26(39)38-16-15-37(18-22(38)10-13-33)29-24-9-12-31(11-8-20-17-21(32)6-7-25(20)42-31)28(40)27(24)34-30(35-29)41-19-23-5-4-14-36(23)2/h3,6-7,17,22-24,27,29-30,34-35H,1,4-5,8-12,14-16,18-19H2,2H3/t22?,23?,24?,27?,29?,30?,31-/m0/s1. The van der Waals surface area contributed by atoms with Crippen LogP contribution in [0.25, 0.3) is 0 Å². The molecule has 1 aromatic carbocycles. The number of amides is 1. The molecule has 0 aromatic heterocycles. The Morgan fingerprint density at radius 1 is 1.26 bits per heavy atom. The molecule has 1 aromatic rings. The van der Waals surface area contributed by atoms with Gasteiger partial charge in [0.2, 0.25) is 5.91 Å². The van der Waals surface area contributed by atoms with Gasteiger partial charge in [-0.05, 0) is 82.0 Å². The molecule has 5 aliphatic rings. The van der Waals surface area contributed by atoms with Gasteiger partial charge in [0.05, 0.1) is 37.3 Å². The summed E-state index contributed by atoms with van der Waals surface area (Å²) in [7, 11) is 2.13. The van der Waals surface area contributed by atoms with Crippen molar-refractivity contribution in [2.45, 2.75) is 81.2 Å². The number of rotatable bonds is 6. The number of aryl methyl sites for hydroxylation is 1. The number of nitrogens with one attached hydrogen (secondary N) is 2. The minimum absolute atomic E-state index is 0.0169. The Labute approximate surface area is 252 Å². The van der Waals surface area contributed by atoms with E-state index in [-0.39, 0.29) is 36.2 Å². The van der Waals surface area contributed by atoms with Crippen LogP contribution in [-0.4, -0.2) is 102 Å². The Hall–Kier alpha value is -2.52. The first-order chi connectivity index (χ1) is 20.3. The normalized spacial score (nSPS) is 35.3. The Morgan fingerprint density at radius 2 is 2.12 bits per heavy atom. The van der Waals surface area contributed by atoms with Gasteiger partial charge in [-0.15, -0.1) is 0 Å². The van der Waals surface area contributed by atoms with Crippen molar-refractivity contribution in [3.05, 3.63) is 41.4 Å². The van der Waals surface area contributed by atoms with Gasteiger partial charge in [-0.2, -0.15) is 5.26 Å². The third-order valence-electron chi connectivity index (χ3n) is 10.0. The van der Waals surface area contributed by atoms with E-state index in [1.54, 1.807) is 4.90 Å². The highest BCUT2D eigenvalue weighted by atomic mass is 35.5. The molecule has 226 valence electrons. The molecule has 10 nitrogen and oxygen atoms in total. The van der Waals surface area contributed by atoms with E-state index in [0.717, 1.165) is 43.5 Å². The molecule has 4 aliphatic heterocycles. The van der Waals surface area contributed by atoms with Crippen molar-refractivity contribution in [3.8, 4) is 11.8 Å². The monoisotopic (exact) mass is 596 g/mol. The van der Waals surface area contributed by atoms with E-state index >= 15 is 0 Å². The lowest BCUT2D eigenvalue weighted by molar-refractivity contribution is -0.160. The maximum atomic E-state index is 14.4. The van der Waals surface area contributed by atoms with Gasteiger partial charge < -0.3 is 19.3 Å². The number of nitrogens with zero attached hydrogens (tertiary/aromatic N) is 4. The average Bonchev–Trinajstić information content (AvgIpc) is 3.42. The first-order valence-electron chi connectivity index (χ1n) is 15.2. The maximum Gasteiger partial charge on any atom is 0.246 e. The summed E-state index contributed by atoms with van der Waals surface area (Å²) in [4.78, 5) is 33.3. The van der Waals surface area contributed by atoms with E-state index in [1.165, 1.54) is 6.08 Å². The van der Waals surface area contributed by atoms with Crippen molar-refractivity contribution in [2.75, 3.05) is 39.8 Å². The lowest BCUT2D eigenvalue weighted by Crippen LogP contribution is -2.76. The molecule has 42 heavy (non-hydrogen) atoms. The predicted octanol–water partition coefficient (Wildman–Crippen LogP) is 2.28. The number of halogens is 1. The summed E-state index contributed by atoms with van der Waals surface area (Å²) in [5, 5.41) is 17.4.